The second-order valence-electron chi connectivity index (χ2n) is 4.64. The van der Waals surface area contributed by atoms with Crippen molar-refractivity contribution in [3.8, 4) is 11.5 Å². The lowest BCUT2D eigenvalue weighted by molar-refractivity contribution is 0.174. The largest absolute Gasteiger partial charge is 0.454 e. The van der Waals surface area contributed by atoms with Gasteiger partial charge in [-0.05, 0) is 29.8 Å². The zero-order valence-electron chi connectivity index (χ0n) is 10.8. The van der Waals surface area contributed by atoms with E-state index in [0.717, 1.165) is 29.4 Å². The van der Waals surface area contributed by atoms with Crippen LogP contribution in [0.2, 0.25) is 0 Å². The second kappa shape index (κ2) is 4.72. The van der Waals surface area contributed by atoms with Gasteiger partial charge in [0.1, 0.15) is 0 Å². The van der Waals surface area contributed by atoms with Crippen molar-refractivity contribution in [2.75, 3.05) is 24.5 Å². The monoisotopic (exact) mass is 256 g/mol. The van der Waals surface area contributed by atoms with Crippen LogP contribution in [0.4, 0.5) is 11.4 Å². The minimum absolute atomic E-state index is 0.303. The summed E-state index contributed by atoms with van der Waals surface area (Å²) in [5.74, 6) is 1.61. The molecule has 98 valence electrons. The summed E-state index contributed by atoms with van der Waals surface area (Å²) >= 11 is 0. The summed E-state index contributed by atoms with van der Waals surface area (Å²) in [5.41, 5.74) is 8.85. The van der Waals surface area contributed by atoms with Crippen molar-refractivity contribution in [3.63, 3.8) is 0 Å². The van der Waals surface area contributed by atoms with Crippen LogP contribution >= 0.6 is 0 Å². The summed E-state index contributed by atoms with van der Waals surface area (Å²) < 4.78 is 10.7. The normalized spacial score (nSPS) is 12.5. The predicted molar refractivity (Wildman–Crippen MR) is 75.5 cm³/mol. The molecule has 4 nitrogen and oxygen atoms in total. The summed E-state index contributed by atoms with van der Waals surface area (Å²) in [4.78, 5) is 2.15. The molecule has 0 unspecified atom stereocenters. The summed E-state index contributed by atoms with van der Waals surface area (Å²) in [6.45, 7) is 1.10. The Morgan fingerprint density at radius 1 is 1.11 bits per heavy atom. The summed E-state index contributed by atoms with van der Waals surface area (Å²) in [7, 11) is 2.04. The molecule has 0 saturated carbocycles. The highest BCUT2D eigenvalue weighted by molar-refractivity contribution is 5.57. The van der Waals surface area contributed by atoms with Gasteiger partial charge in [-0.25, -0.2) is 0 Å². The molecule has 0 radical (unpaired) electrons. The molecule has 0 fully saturated rings. The molecule has 0 saturated heterocycles. The van der Waals surface area contributed by atoms with Gasteiger partial charge in [-0.2, -0.15) is 0 Å². The quantitative estimate of drug-likeness (QED) is 0.858. The predicted octanol–water partition coefficient (Wildman–Crippen LogP) is 2.63. The molecular formula is C15H16N2O2. The number of fused-ring (bicyclic) bond motifs is 1. The summed E-state index contributed by atoms with van der Waals surface area (Å²) in [6.07, 6.45) is 0. The van der Waals surface area contributed by atoms with Gasteiger partial charge in [0.2, 0.25) is 6.79 Å². The highest BCUT2D eigenvalue weighted by Crippen LogP contribution is 2.35. The molecule has 0 amide bonds. The molecule has 0 spiro atoms. The van der Waals surface area contributed by atoms with Gasteiger partial charge in [0, 0.05) is 31.0 Å². The third-order valence-corrected chi connectivity index (χ3v) is 3.17. The molecule has 1 aliphatic heterocycles. The van der Waals surface area contributed by atoms with Crippen LogP contribution in [0, 0.1) is 0 Å². The SMILES string of the molecule is CN(Cc1cccc(N)c1)c1ccc2c(c1)OCO2. The average Bonchev–Trinajstić information content (AvgIpc) is 2.85. The fourth-order valence-corrected chi connectivity index (χ4v) is 2.18. The van der Waals surface area contributed by atoms with E-state index in [1.165, 1.54) is 5.56 Å². The number of nitrogens with two attached hydrogens (primary N) is 1. The van der Waals surface area contributed by atoms with E-state index in [-0.39, 0.29) is 0 Å². The summed E-state index contributed by atoms with van der Waals surface area (Å²) in [6, 6.07) is 13.9. The second-order valence-corrected chi connectivity index (χ2v) is 4.64. The first-order valence-electron chi connectivity index (χ1n) is 6.17. The Hall–Kier alpha value is -2.36. The van der Waals surface area contributed by atoms with Crippen molar-refractivity contribution in [3.05, 3.63) is 48.0 Å². The number of rotatable bonds is 3. The average molecular weight is 256 g/mol. The number of hydrogen-bond donors (Lipinski definition) is 1. The van der Waals surface area contributed by atoms with Gasteiger partial charge in [0.05, 0.1) is 0 Å². The maximum atomic E-state index is 5.79. The molecule has 0 aromatic heterocycles. The number of hydrogen-bond acceptors (Lipinski definition) is 4. The lowest BCUT2D eigenvalue weighted by Crippen LogP contribution is -2.16. The van der Waals surface area contributed by atoms with Crippen LogP contribution in [-0.2, 0) is 6.54 Å². The summed E-state index contributed by atoms with van der Waals surface area (Å²) in [5, 5.41) is 0. The molecule has 3 rings (SSSR count). The minimum atomic E-state index is 0.303. The third kappa shape index (κ3) is 2.42. The van der Waals surface area contributed by atoms with Crippen molar-refractivity contribution in [1.82, 2.24) is 0 Å². The fourth-order valence-electron chi connectivity index (χ4n) is 2.18. The van der Waals surface area contributed by atoms with Gasteiger partial charge < -0.3 is 20.1 Å². The minimum Gasteiger partial charge on any atom is -0.454 e. The van der Waals surface area contributed by atoms with Crippen molar-refractivity contribution in [2.24, 2.45) is 0 Å². The first-order chi connectivity index (χ1) is 9.22. The van der Waals surface area contributed by atoms with Gasteiger partial charge in [0.25, 0.3) is 0 Å². The highest BCUT2D eigenvalue weighted by Gasteiger charge is 2.14. The Labute approximate surface area is 112 Å². The fraction of sp³-hybridized carbons (Fsp3) is 0.200. The first-order valence-corrected chi connectivity index (χ1v) is 6.17. The van der Waals surface area contributed by atoms with Crippen molar-refractivity contribution in [2.45, 2.75) is 6.54 Å². The number of ether oxygens (including phenoxy) is 2. The Morgan fingerprint density at radius 2 is 1.95 bits per heavy atom. The van der Waals surface area contributed by atoms with Crippen LogP contribution in [-0.4, -0.2) is 13.8 Å². The van der Waals surface area contributed by atoms with E-state index in [4.69, 9.17) is 15.2 Å². The maximum Gasteiger partial charge on any atom is 0.231 e. The van der Waals surface area contributed by atoms with Gasteiger partial charge in [-0.3, -0.25) is 0 Å². The van der Waals surface area contributed by atoms with Crippen molar-refractivity contribution >= 4 is 11.4 Å². The van der Waals surface area contributed by atoms with Crippen LogP contribution in [0.3, 0.4) is 0 Å². The topological polar surface area (TPSA) is 47.7 Å². The molecule has 0 bridgehead atoms. The zero-order valence-corrected chi connectivity index (χ0v) is 10.8. The van der Waals surface area contributed by atoms with Crippen LogP contribution < -0.4 is 20.1 Å². The van der Waals surface area contributed by atoms with E-state index in [1.54, 1.807) is 0 Å². The van der Waals surface area contributed by atoms with Gasteiger partial charge in [-0.1, -0.05) is 12.1 Å². The Kier molecular flexibility index (Phi) is 2.91. The molecule has 2 aromatic carbocycles. The highest BCUT2D eigenvalue weighted by atomic mass is 16.7. The van der Waals surface area contributed by atoms with Crippen molar-refractivity contribution < 1.29 is 9.47 Å². The van der Waals surface area contributed by atoms with Gasteiger partial charge >= 0.3 is 0 Å². The lowest BCUT2D eigenvalue weighted by Gasteiger charge is -2.20. The number of benzene rings is 2. The molecule has 0 aliphatic carbocycles. The van der Waals surface area contributed by atoms with Crippen LogP contribution in [0.25, 0.3) is 0 Å². The Bertz CT molecular complexity index is 598. The molecule has 4 heteroatoms. The van der Waals surface area contributed by atoms with Gasteiger partial charge in [0.15, 0.2) is 11.5 Å². The Balaban J connectivity index is 1.78. The van der Waals surface area contributed by atoms with E-state index in [2.05, 4.69) is 11.0 Å². The Morgan fingerprint density at radius 3 is 2.79 bits per heavy atom. The number of anilines is 2. The lowest BCUT2D eigenvalue weighted by atomic mass is 10.2. The number of nitrogens with zero attached hydrogens (tertiary/aromatic N) is 1. The smallest absolute Gasteiger partial charge is 0.231 e. The maximum absolute atomic E-state index is 5.79. The van der Waals surface area contributed by atoms with Crippen LogP contribution in [0.5, 0.6) is 11.5 Å². The zero-order chi connectivity index (χ0) is 13.2. The van der Waals surface area contributed by atoms with E-state index < -0.39 is 0 Å². The third-order valence-electron chi connectivity index (χ3n) is 3.17. The molecule has 2 aromatic rings. The number of nitrogen functional groups attached to an aromatic ring is 1. The molecular weight excluding hydrogens is 240 g/mol. The standard InChI is InChI=1S/C15H16N2O2/c1-17(9-11-3-2-4-12(16)7-11)13-5-6-14-15(8-13)19-10-18-14/h2-8H,9-10,16H2,1H3. The molecule has 0 atom stereocenters. The first kappa shape index (κ1) is 11.7. The van der Waals surface area contributed by atoms with Crippen molar-refractivity contribution in [1.29, 1.82) is 0 Å². The van der Waals surface area contributed by atoms with E-state index in [0.29, 0.717) is 6.79 Å². The molecule has 2 N–H and O–H groups in total. The van der Waals surface area contributed by atoms with Gasteiger partial charge in [-0.15, -0.1) is 0 Å². The van der Waals surface area contributed by atoms with Crippen LogP contribution in [0.1, 0.15) is 5.56 Å². The van der Waals surface area contributed by atoms with Crippen LogP contribution in [0.15, 0.2) is 42.5 Å². The van der Waals surface area contributed by atoms with E-state index >= 15 is 0 Å². The molecule has 19 heavy (non-hydrogen) atoms. The van der Waals surface area contributed by atoms with E-state index in [9.17, 15) is 0 Å². The molecule has 1 heterocycles. The molecule has 1 aliphatic rings. The van der Waals surface area contributed by atoms with E-state index in [1.807, 2.05) is 43.4 Å².